The number of rotatable bonds is 16. The van der Waals surface area contributed by atoms with E-state index in [0.29, 0.717) is 6.42 Å². The maximum atomic E-state index is 13.8. The van der Waals surface area contributed by atoms with Crippen LogP contribution in [0.1, 0.15) is 11.1 Å². The molecule has 298 valence electrons. The first-order valence-electron chi connectivity index (χ1n) is 17.9. The van der Waals surface area contributed by atoms with Crippen molar-refractivity contribution >= 4 is 50.5 Å². The lowest BCUT2D eigenvalue weighted by Gasteiger charge is -2.33. The Bertz CT molecular complexity index is 1870. The van der Waals surface area contributed by atoms with Gasteiger partial charge in [-0.05, 0) is 40.5 Å². The number of carbonyl (C=O) groups is 5. The zero-order valence-electron chi connectivity index (χ0n) is 30.5. The van der Waals surface area contributed by atoms with Crippen molar-refractivity contribution in [1.82, 2.24) is 30.2 Å². The number of primary sulfonamides is 1. The molecule has 17 nitrogen and oxygen atoms in total. The highest BCUT2D eigenvalue weighted by Gasteiger charge is 2.25. The number of sulfonamides is 1. The van der Waals surface area contributed by atoms with Gasteiger partial charge >= 0.3 is 17.9 Å². The highest BCUT2D eigenvalue weighted by atomic mass is 32.2. The zero-order chi connectivity index (χ0) is 40.0. The Labute approximate surface area is 319 Å². The van der Waals surface area contributed by atoms with Gasteiger partial charge in [-0.2, -0.15) is 0 Å². The maximum Gasteiger partial charge on any atom is 0.317 e. The first kappa shape index (κ1) is 42.8. The van der Waals surface area contributed by atoms with Gasteiger partial charge in [0.1, 0.15) is 6.04 Å². The van der Waals surface area contributed by atoms with Crippen molar-refractivity contribution in [2.24, 2.45) is 5.14 Å². The summed E-state index contributed by atoms with van der Waals surface area (Å²) in [7, 11) is -3.85. The standard InChI is InChI=1S/C37H49N7O10S/c38-55(53,54)30-10-8-27(9-11-30)12-13-39-37(52)32(22-29-6-3-5-28-4-1-2-7-31(28)29)40-33(45)23-41-14-16-42(24-34(46)47)18-20-44(26-36(50)51)21-19-43(17-15-41)25-35(48)49/h1-11,32H,12-26H2,(H,39,52)(H,40,45)(H,46,47)(H,48,49)(H,50,51)(H2,38,53,54)/t32-/m0/s1. The third kappa shape index (κ3) is 14.6. The molecule has 0 aliphatic carbocycles. The molecule has 55 heavy (non-hydrogen) atoms. The molecule has 1 saturated heterocycles. The quantitative estimate of drug-likeness (QED) is 0.106. The Balaban J connectivity index is 1.50. The number of fused-ring (bicyclic) bond motifs is 1. The fourth-order valence-electron chi connectivity index (χ4n) is 6.43. The Morgan fingerprint density at radius 3 is 1.62 bits per heavy atom. The number of carboxylic acids is 3. The van der Waals surface area contributed by atoms with Crippen LogP contribution in [0.5, 0.6) is 0 Å². The minimum Gasteiger partial charge on any atom is -0.480 e. The topological polar surface area (TPSA) is 243 Å². The molecule has 1 heterocycles. The molecule has 2 amide bonds. The van der Waals surface area contributed by atoms with Crippen molar-refractivity contribution in [3.63, 3.8) is 0 Å². The molecule has 0 bridgehead atoms. The van der Waals surface area contributed by atoms with Crippen LogP contribution in [0.25, 0.3) is 10.8 Å². The summed E-state index contributed by atoms with van der Waals surface area (Å²) < 4.78 is 23.2. The summed E-state index contributed by atoms with van der Waals surface area (Å²) in [6.45, 7) is 1.07. The van der Waals surface area contributed by atoms with Crippen LogP contribution in [0.2, 0.25) is 0 Å². The van der Waals surface area contributed by atoms with Crippen molar-refractivity contribution in [2.75, 3.05) is 85.1 Å². The average Bonchev–Trinajstić information content (AvgIpc) is 3.11. The van der Waals surface area contributed by atoms with Crippen LogP contribution in [0, 0.1) is 0 Å². The Morgan fingerprint density at radius 2 is 1.13 bits per heavy atom. The molecule has 0 saturated carbocycles. The number of nitrogens with zero attached hydrogens (tertiary/aromatic N) is 4. The molecule has 1 atom stereocenters. The second-order valence-corrected chi connectivity index (χ2v) is 15.0. The van der Waals surface area contributed by atoms with Crippen molar-refractivity contribution in [1.29, 1.82) is 0 Å². The van der Waals surface area contributed by atoms with Crippen molar-refractivity contribution in [3.8, 4) is 0 Å². The SMILES string of the molecule is NS(=O)(=O)c1ccc(CCNC(=O)[C@H](Cc2cccc3ccccc23)NC(=O)CN2CCN(CC(=O)O)CCN(CC(=O)O)CCN(CC(=O)O)CC2)cc1. The summed E-state index contributed by atoms with van der Waals surface area (Å²) >= 11 is 0. The predicted octanol–water partition coefficient (Wildman–Crippen LogP) is -0.651. The lowest BCUT2D eigenvalue weighted by molar-refractivity contribution is -0.140. The van der Waals surface area contributed by atoms with Gasteiger partial charge in [-0.25, -0.2) is 13.6 Å². The molecule has 0 spiro atoms. The van der Waals surface area contributed by atoms with Crippen molar-refractivity contribution < 1.29 is 47.7 Å². The van der Waals surface area contributed by atoms with Gasteiger partial charge in [-0.1, -0.05) is 54.6 Å². The molecule has 1 fully saturated rings. The number of aliphatic carboxylic acids is 3. The van der Waals surface area contributed by atoms with Crippen LogP contribution >= 0.6 is 0 Å². The van der Waals surface area contributed by atoms with Crippen molar-refractivity contribution in [3.05, 3.63) is 77.9 Å². The van der Waals surface area contributed by atoms with Gasteiger partial charge in [0.2, 0.25) is 21.8 Å². The van der Waals surface area contributed by atoms with Gasteiger partial charge in [-0.3, -0.25) is 43.6 Å². The van der Waals surface area contributed by atoms with Gasteiger partial charge in [-0.15, -0.1) is 0 Å². The molecule has 0 aromatic heterocycles. The van der Waals surface area contributed by atoms with E-state index in [4.69, 9.17) is 5.14 Å². The molecule has 3 aromatic rings. The molecular formula is C37H49N7O10S. The molecule has 7 N–H and O–H groups in total. The summed E-state index contributed by atoms with van der Waals surface area (Å²) in [6, 6.07) is 18.4. The third-order valence-corrected chi connectivity index (χ3v) is 10.2. The van der Waals surface area contributed by atoms with E-state index in [1.165, 1.54) is 12.1 Å². The van der Waals surface area contributed by atoms with Crippen LogP contribution in [0.3, 0.4) is 0 Å². The normalized spacial score (nSPS) is 16.4. The van der Waals surface area contributed by atoms with Crippen molar-refractivity contribution in [2.45, 2.75) is 23.8 Å². The second-order valence-electron chi connectivity index (χ2n) is 13.5. The molecule has 0 unspecified atom stereocenters. The molecule has 0 radical (unpaired) electrons. The van der Waals surface area contributed by atoms with Crippen LogP contribution in [0.15, 0.2) is 71.6 Å². The molecular weight excluding hydrogens is 735 g/mol. The van der Waals surface area contributed by atoms with E-state index in [0.717, 1.165) is 21.9 Å². The first-order chi connectivity index (χ1) is 26.2. The largest absolute Gasteiger partial charge is 0.480 e. The first-order valence-corrected chi connectivity index (χ1v) is 19.4. The van der Waals surface area contributed by atoms with Gasteiger partial charge in [0.25, 0.3) is 0 Å². The lowest BCUT2D eigenvalue weighted by Crippen LogP contribution is -2.53. The lowest BCUT2D eigenvalue weighted by atomic mass is 9.98. The highest BCUT2D eigenvalue weighted by Crippen LogP contribution is 2.20. The van der Waals surface area contributed by atoms with E-state index >= 15 is 0 Å². The smallest absolute Gasteiger partial charge is 0.317 e. The minimum atomic E-state index is -3.85. The summed E-state index contributed by atoms with van der Waals surface area (Å²) in [5.41, 5.74) is 1.61. The number of hydrogen-bond acceptors (Lipinski definition) is 11. The number of benzene rings is 3. The molecule has 4 rings (SSSR count). The fourth-order valence-corrected chi connectivity index (χ4v) is 6.94. The number of amides is 2. The van der Waals surface area contributed by atoms with Crippen LogP contribution in [-0.4, -0.2) is 164 Å². The number of hydrogen-bond donors (Lipinski definition) is 6. The monoisotopic (exact) mass is 783 g/mol. The second kappa shape index (κ2) is 20.6. The Hall–Kier alpha value is -4.98. The number of carboxylic acid groups (broad SMARTS) is 3. The van der Waals surface area contributed by atoms with E-state index in [-0.39, 0.29) is 96.4 Å². The average molecular weight is 784 g/mol. The number of nitrogens with two attached hydrogens (primary N) is 1. The van der Waals surface area contributed by atoms with E-state index in [9.17, 15) is 47.7 Å². The highest BCUT2D eigenvalue weighted by molar-refractivity contribution is 7.89. The van der Waals surface area contributed by atoms with Gasteiger partial charge in [0, 0.05) is 65.3 Å². The van der Waals surface area contributed by atoms with Crippen LogP contribution in [-0.2, 0) is 46.8 Å². The van der Waals surface area contributed by atoms with Gasteiger partial charge in [0.05, 0.1) is 31.1 Å². The predicted molar refractivity (Wildman–Crippen MR) is 203 cm³/mol. The van der Waals surface area contributed by atoms with E-state index < -0.39 is 45.8 Å². The number of nitrogens with one attached hydrogen (secondary N) is 2. The van der Waals surface area contributed by atoms with Gasteiger partial charge in [0.15, 0.2) is 0 Å². The summed E-state index contributed by atoms with van der Waals surface area (Å²) in [6.07, 6.45) is 0.556. The minimum absolute atomic E-state index is 0.0259. The molecule has 18 heteroatoms. The Morgan fingerprint density at radius 1 is 0.655 bits per heavy atom. The Kier molecular flexibility index (Phi) is 16.0. The van der Waals surface area contributed by atoms with Gasteiger partial charge < -0.3 is 26.0 Å². The summed E-state index contributed by atoms with van der Waals surface area (Å²) in [5.74, 6) is -4.06. The third-order valence-electron chi connectivity index (χ3n) is 9.29. The van der Waals surface area contributed by atoms with E-state index in [1.807, 2.05) is 42.5 Å². The number of carbonyl (C=O) groups excluding carboxylic acids is 2. The van der Waals surface area contributed by atoms with E-state index in [1.54, 1.807) is 31.7 Å². The summed E-state index contributed by atoms with van der Waals surface area (Å²) in [4.78, 5) is 69.1. The fraction of sp³-hybridized carbons (Fsp3) is 0.432. The molecule has 1 aliphatic rings. The van der Waals surface area contributed by atoms with E-state index in [2.05, 4.69) is 10.6 Å². The summed E-state index contributed by atoms with van der Waals surface area (Å²) in [5, 5.41) is 41.4. The molecule has 1 aliphatic heterocycles. The molecule has 3 aromatic carbocycles. The van der Waals surface area contributed by atoms with Crippen LogP contribution < -0.4 is 15.8 Å². The van der Waals surface area contributed by atoms with Crippen LogP contribution in [0.4, 0.5) is 0 Å². The zero-order valence-corrected chi connectivity index (χ0v) is 31.3. The maximum absolute atomic E-state index is 13.8.